The number of nitrogens with zero attached hydrogens (tertiary/aromatic N) is 1. The zero-order valence-electron chi connectivity index (χ0n) is 12.8. The van der Waals surface area contributed by atoms with Gasteiger partial charge in [-0.25, -0.2) is 13.6 Å². The Morgan fingerprint density at radius 2 is 1.83 bits per heavy atom. The standard InChI is InChI=1S/C14H22N4O2S2.ClH/c15-9-10-18(14(21)17-11-3-1-2-4-11)12-5-7-13(8-6-12)22(16,19)20;/h5-8,11H,1-4,9-10,15H2,(H,17,21)(H2,16,19,20);1H. The summed E-state index contributed by atoms with van der Waals surface area (Å²) in [7, 11) is -3.69. The van der Waals surface area contributed by atoms with Crippen LogP contribution in [0.15, 0.2) is 29.2 Å². The normalized spacial score (nSPS) is 15.0. The molecule has 0 saturated heterocycles. The van der Waals surface area contributed by atoms with Gasteiger partial charge in [-0.3, -0.25) is 0 Å². The average molecular weight is 379 g/mol. The van der Waals surface area contributed by atoms with Crippen molar-refractivity contribution in [2.45, 2.75) is 36.6 Å². The van der Waals surface area contributed by atoms with Crippen LogP contribution >= 0.6 is 24.6 Å². The molecule has 0 radical (unpaired) electrons. The van der Waals surface area contributed by atoms with Gasteiger partial charge in [0, 0.05) is 24.8 Å². The fraction of sp³-hybridized carbons (Fsp3) is 0.500. The topological polar surface area (TPSA) is 101 Å². The molecule has 23 heavy (non-hydrogen) atoms. The molecule has 0 unspecified atom stereocenters. The number of nitrogens with one attached hydrogen (secondary N) is 1. The van der Waals surface area contributed by atoms with Crippen molar-refractivity contribution in [2.75, 3.05) is 18.0 Å². The van der Waals surface area contributed by atoms with Gasteiger partial charge in [-0.2, -0.15) is 0 Å². The lowest BCUT2D eigenvalue weighted by Gasteiger charge is -2.27. The maximum atomic E-state index is 11.3. The Hall–Kier alpha value is -0.930. The van der Waals surface area contributed by atoms with Crippen LogP contribution in [0, 0.1) is 0 Å². The van der Waals surface area contributed by atoms with Crippen LogP contribution in [0.5, 0.6) is 0 Å². The van der Waals surface area contributed by atoms with Gasteiger partial charge in [0.25, 0.3) is 0 Å². The smallest absolute Gasteiger partial charge is 0.238 e. The molecule has 2 rings (SSSR count). The van der Waals surface area contributed by atoms with Crippen molar-refractivity contribution in [1.82, 2.24) is 5.32 Å². The molecule has 0 bridgehead atoms. The average Bonchev–Trinajstić information content (AvgIpc) is 2.96. The molecule has 130 valence electrons. The minimum absolute atomic E-state index is 0. The molecule has 6 nitrogen and oxygen atoms in total. The fourth-order valence-electron chi connectivity index (χ4n) is 2.62. The van der Waals surface area contributed by atoms with E-state index in [1.165, 1.54) is 25.0 Å². The van der Waals surface area contributed by atoms with Gasteiger partial charge in [0.1, 0.15) is 0 Å². The Bertz CT molecular complexity index is 616. The molecule has 5 N–H and O–H groups in total. The molecule has 0 spiro atoms. The molecular weight excluding hydrogens is 356 g/mol. The van der Waals surface area contributed by atoms with Crippen molar-refractivity contribution in [1.29, 1.82) is 0 Å². The third-order valence-electron chi connectivity index (χ3n) is 3.76. The van der Waals surface area contributed by atoms with E-state index in [4.69, 9.17) is 23.1 Å². The molecule has 1 aliphatic carbocycles. The summed E-state index contributed by atoms with van der Waals surface area (Å²) in [6, 6.07) is 6.76. The first kappa shape index (κ1) is 20.1. The number of primary sulfonamides is 1. The van der Waals surface area contributed by atoms with E-state index < -0.39 is 10.0 Å². The monoisotopic (exact) mass is 378 g/mol. The van der Waals surface area contributed by atoms with Gasteiger partial charge in [0.2, 0.25) is 10.0 Å². The molecule has 1 aromatic carbocycles. The van der Waals surface area contributed by atoms with Gasteiger partial charge in [0.05, 0.1) is 4.90 Å². The summed E-state index contributed by atoms with van der Waals surface area (Å²) in [4.78, 5) is 1.97. The number of thiocarbonyl (C=S) groups is 1. The number of halogens is 1. The Balaban J connectivity index is 0.00000264. The van der Waals surface area contributed by atoms with E-state index in [0.29, 0.717) is 24.2 Å². The summed E-state index contributed by atoms with van der Waals surface area (Å²) in [6.45, 7) is 1.01. The van der Waals surface area contributed by atoms with E-state index in [0.717, 1.165) is 18.5 Å². The molecule has 1 saturated carbocycles. The number of rotatable bonds is 5. The predicted octanol–water partition coefficient (Wildman–Crippen LogP) is 1.34. The van der Waals surface area contributed by atoms with Crippen LogP contribution in [0.3, 0.4) is 0 Å². The highest BCUT2D eigenvalue weighted by Gasteiger charge is 2.19. The van der Waals surface area contributed by atoms with Gasteiger partial charge < -0.3 is 16.0 Å². The molecule has 0 aromatic heterocycles. The Morgan fingerprint density at radius 1 is 1.26 bits per heavy atom. The SMILES string of the molecule is Cl.NCCN(C(=S)NC1CCCC1)c1ccc(S(N)(=O)=O)cc1. The molecule has 1 aliphatic rings. The first-order chi connectivity index (χ1) is 10.4. The van der Waals surface area contributed by atoms with Crippen LogP contribution in [-0.2, 0) is 10.0 Å². The highest BCUT2D eigenvalue weighted by Crippen LogP contribution is 2.20. The summed E-state index contributed by atoms with van der Waals surface area (Å²) >= 11 is 5.48. The van der Waals surface area contributed by atoms with Crippen molar-refractivity contribution >= 4 is 45.4 Å². The second-order valence-electron chi connectivity index (χ2n) is 5.41. The molecule has 0 atom stereocenters. The highest BCUT2D eigenvalue weighted by molar-refractivity contribution is 7.89. The molecule has 1 fully saturated rings. The maximum Gasteiger partial charge on any atom is 0.238 e. The fourth-order valence-corrected chi connectivity index (χ4v) is 3.49. The maximum absolute atomic E-state index is 11.3. The van der Waals surface area contributed by atoms with Crippen LogP contribution in [0.4, 0.5) is 5.69 Å². The third kappa shape index (κ3) is 5.58. The quantitative estimate of drug-likeness (QED) is 0.668. The Kier molecular flexibility index (Phi) is 7.69. The predicted molar refractivity (Wildman–Crippen MR) is 99.5 cm³/mol. The van der Waals surface area contributed by atoms with Gasteiger partial charge in [0.15, 0.2) is 5.11 Å². The third-order valence-corrected chi connectivity index (χ3v) is 5.03. The molecule has 9 heteroatoms. The highest BCUT2D eigenvalue weighted by atomic mass is 35.5. The van der Waals surface area contributed by atoms with Crippen molar-refractivity contribution in [3.8, 4) is 0 Å². The lowest BCUT2D eigenvalue weighted by atomic mass is 10.2. The van der Waals surface area contributed by atoms with E-state index in [-0.39, 0.29) is 17.3 Å². The number of hydrogen-bond donors (Lipinski definition) is 3. The van der Waals surface area contributed by atoms with Crippen molar-refractivity contribution in [3.05, 3.63) is 24.3 Å². The van der Waals surface area contributed by atoms with Crippen LogP contribution in [0.25, 0.3) is 0 Å². The molecule has 0 aliphatic heterocycles. The molecule has 0 amide bonds. The number of hydrogen-bond acceptors (Lipinski definition) is 4. The molecule has 0 heterocycles. The van der Waals surface area contributed by atoms with Gasteiger partial charge >= 0.3 is 0 Å². The number of benzene rings is 1. The second-order valence-corrected chi connectivity index (χ2v) is 7.36. The number of sulfonamides is 1. The minimum atomic E-state index is -3.69. The lowest BCUT2D eigenvalue weighted by molar-refractivity contribution is 0.598. The van der Waals surface area contributed by atoms with Crippen LogP contribution in [-0.4, -0.2) is 32.7 Å². The van der Waals surface area contributed by atoms with E-state index in [1.54, 1.807) is 12.1 Å². The number of anilines is 1. The Morgan fingerprint density at radius 3 is 2.30 bits per heavy atom. The van der Waals surface area contributed by atoms with Gasteiger partial charge in [-0.1, -0.05) is 12.8 Å². The van der Waals surface area contributed by atoms with Crippen molar-refractivity contribution in [2.24, 2.45) is 10.9 Å². The summed E-state index contributed by atoms with van der Waals surface area (Å²) in [5.74, 6) is 0. The molecule has 1 aromatic rings. The first-order valence-corrected chi connectivity index (χ1v) is 9.28. The zero-order chi connectivity index (χ0) is 16.2. The second kappa shape index (κ2) is 8.79. The first-order valence-electron chi connectivity index (χ1n) is 7.33. The van der Waals surface area contributed by atoms with E-state index >= 15 is 0 Å². The molecular formula is C14H23ClN4O2S2. The van der Waals surface area contributed by atoms with Gasteiger partial charge in [-0.15, -0.1) is 12.4 Å². The van der Waals surface area contributed by atoms with E-state index in [2.05, 4.69) is 5.32 Å². The largest absolute Gasteiger partial charge is 0.360 e. The van der Waals surface area contributed by atoms with Crippen molar-refractivity contribution < 1.29 is 8.42 Å². The van der Waals surface area contributed by atoms with E-state index in [9.17, 15) is 8.42 Å². The minimum Gasteiger partial charge on any atom is -0.360 e. The van der Waals surface area contributed by atoms with Crippen LogP contribution in [0.2, 0.25) is 0 Å². The van der Waals surface area contributed by atoms with Gasteiger partial charge in [-0.05, 0) is 49.3 Å². The van der Waals surface area contributed by atoms with E-state index in [1.807, 2.05) is 4.90 Å². The zero-order valence-corrected chi connectivity index (χ0v) is 15.2. The summed E-state index contributed by atoms with van der Waals surface area (Å²) < 4.78 is 22.6. The van der Waals surface area contributed by atoms with Crippen molar-refractivity contribution in [3.63, 3.8) is 0 Å². The van der Waals surface area contributed by atoms with Crippen LogP contribution < -0.4 is 21.1 Å². The summed E-state index contributed by atoms with van der Waals surface area (Å²) in [6.07, 6.45) is 4.70. The lowest BCUT2D eigenvalue weighted by Crippen LogP contribution is -2.45. The Labute approximate surface area is 149 Å². The number of nitrogens with two attached hydrogens (primary N) is 2. The summed E-state index contributed by atoms with van der Waals surface area (Å²) in [5.41, 5.74) is 6.47. The van der Waals surface area contributed by atoms with Crippen LogP contribution in [0.1, 0.15) is 25.7 Å². The summed E-state index contributed by atoms with van der Waals surface area (Å²) in [5, 5.41) is 9.10.